The van der Waals surface area contributed by atoms with Crippen LogP contribution in [0, 0.1) is 6.92 Å². The lowest BCUT2D eigenvalue weighted by atomic mass is 10.2. The Morgan fingerprint density at radius 1 is 1.04 bits per heavy atom. The first-order chi connectivity index (χ1) is 13.2. The van der Waals surface area contributed by atoms with Crippen LogP contribution in [-0.2, 0) is 0 Å². The number of thiazole rings is 1. The smallest absolute Gasteiger partial charge is 0.229 e. The van der Waals surface area contributed by atoms with Crippen LogP contribution in [0.2, 0.25) is 0 Å². The summed E-state index contributed by atoms with van der Waals surface area (Å²) in [5.41, 5.74) is 3.85. The van der Waals surface area contributed by atoms with Crippen molar-refractivity contribution in [3.63, 3.8) is 0 Å². The zero-order valence-corrected chi connectivity index (χ0v) is 15.2. The third kappa shape index (κ3) is 3.06. The van der Waals surface area contributed by atoms with Crippen molar-refractivity contribution in [1.82, 2.24) is 25.1 Å². The molecule has 0 fully saturated rings. The van der Waals surface area contributed by atoms with Gasteiger partial charge in [0.25, 0.3) is 0 Å². The third-order valence-electron chi connectivity index (χ3n) is 4.15. The first-order valence-corrected chi connectivity index (χ1v) is 9.23. The lowest BCUT2D eigenvalue weighted by Crippen LogP contribution is -2.00. The number of H-pyrrole nitrogens is 1. The maximum atomic E-state index is 4.56. The summed E-state index contributed by atoms with van der Waals surface area (Å²) in [5.74, 6) is 1.23. The molecule has 27 heavy (non-hydrogen) atoms. The van der Waals surface area contributed by atoms with Crippen LogP contribution in [0.4, 0.5) is 23.1 Å². The number of nitrogens with one attached hydrogen (secondary N) is 3. The van der Waals surface area contributed by atoms with E-state index in [4.69, 9.17) is 0 Å². The van der Waals surface area contributed by atoms with E-state index in [2.05, 4.69) is 41.8 Å². The van der Waals surface area contributed by atoms with Crippen molar-refractivity contribution >= 4 is 55.6 Å². The number of hydrogen-bond donors (Lipinski definition) is 3. The number of benzene rings is 2. The Labute approximate surface area is 158 Å². The average Bonchev–Trinajstić information content (AvgIpc) is 3.28. The van der Waals surface area contributed by atoms with Crippen LogP contribution in [-0.4, -0.2) is 25.1 Å². The summed E-state index contributed by atoms with van der Waals surface area (Å²) in [5, 5.41) is 15.7. The van der Waals surface area contributed by atoms with Crippen molar-refractivity contribution in [2.24, 2.45) is 0 Å². The topological polar surface area (TPSA) is 91.4 Å². The molecule has 0 amide bonds. The molecule has 0 atom stereocenters. The molecule has 7 nitrogen and oxygen atoms in total. The minimum Gasteiger partial charge on any atom is -0.339 e. The highest BCUT2D eigenvalue weighted by Crippen LogP contribution is 2.27. The highest BCUT2D eigenvalue weighted by molar-refractivity contribution is 7.18. The lowest BCUT2D eigenvalue weighted by Gasteiger charge is -2.09. The number of anilines is 4. The zero-order valence-electron chi connectivity index (χ0n) is 14.4. The van der Waals surface area contributed by atoms with E-state index in [0.717, 1.165) is 37.5 Å². The maximum Gasteiger partial charge on any atom is 0.229 e. The summed E-state index contributed by atoms with van der Waals surface area (Å²) in [6.45, 7) is 2.01. The molecule has 0 saturated carbocycles. The summed E-state index contributed by atoms with van der Waals surface area (Å²) in [6, 6.07) is 13.8. The molecule has 3 heterocycles. The molecule has 0 aliphatic heterocycles. The van der Waals surface area contributed by atoms with Crippen LogP contribution in [0.3, 0.4) is 0 Å². The van der Waals surface area contributed by atoms with Gasteiger partial charge in [-0.2, -0.15) is 10.1 Å². The summed E-state index contributed by atoms with van der Waals surface area (Å²) in [7, 11) is 0. The second-order valence-electron chi connectivity index (χ2n) is 6.07. The summed E-state index contributed by atoms with van der Waals surface area (Å²) in [6.07, 6.45) is 3.52. The van der Waals surface area contributed by atoms with Crippen molar-refractivity contribution in [3.8, 4) is 0 Å². The molecule has 2 aromatic carbocycles. The quantitative estimate of drug-likeness (QED) is 0.421. The third-order valence-corrected chi connectivity index (χ3v) is 5.09. The Hall–Kier alpha value is -3.52. The van der Waals surface area contributed by atoms with Crippen molar-refractivity contribution in [2.45, 2.75) is 6.92 Å². The molecule has 0 spiro atoms. The van der Waals surface area contributed by atoms with Gasteiger partial charge in [-0.05, 0) is 43.3 Å². The van der Waals surface area contributed by atoms with Gasteiger partial charge in [0.1, 0.15) is 5.82 Å². The fraction of sp³-hybridized carbons (Fsp3) is 0.0526. The number of aryl methyl sites for hydroxylation is 1. The van der Waals surface area contributed by atoms with Gasteiger partial charge in [0.05, 0.1) is 32.6 Å². The van der Waals surface area contributed by atoms with E-state index in [-0.39, 0.29) is 0 Å². The molecule has 0 aliphatic carbocycles. The van der Waals surface area contributed by atoms with Crippen molar-refractivity contribution in [2.75, 3.05) is 10.6 Å². The van der Waals surface area contributed by atoms with E-state index in [9.17, 15) is 0 Å². The minimum absolute atomic E-state index is 0.528. The predicted molar refractivity (Wildman–Crippen MR) is 109 cm³/mol. The number of nitrogens with zero attached hydrogens (tertiary/aromatic N) is 4. The van der Waals surface area contributed by atoms with Gasteiger partial charge in [-0.3, -0.25) is 5.10 Å². The SMILES string of the molecule is Cc1nc2ccc(Nc3nccc(Nc4cccc5[nH]ncc45)n3)cc2s1. The first-order valence-electron chi connectivity index (χ1n) is 8.41. The Bertz CT molecular complexity index is 1260. The molecule has 3 aromatic heterocycles. The van der Waals surface area contributed by atoms with E-state index in [1.54, 1.807) is 23.7 Å². The molecule has 0 aliphatic rings. The number of rotatable bonds is 4. The predicted octanol–water partition coefficient (Wildman–Crippen LogP) is 4.76. The van der Waals surface area contributed by atoms with E-state index < -0.39 is 0 Å². The van der Waals surface area contributed by atoms with Gasteiger partial charge in [0, 0.05) is 17.3 Å². The summed E-state index contributed by atoms with van der Waals surface area (Å²) < 4.78 is 1.14. The molecule has 8 heteroatoms. The highest BCUT2D eigenvalue weighted by Gasteiger charge is 2.06. The van der Waals surface area contributed by atoms with Gasteiger partial charge in [-0.1, -0.05) is 6.07 Å². The van der Waals surface area contributed by atoms with E-state index in [1.807, 2.05) is 43.3 Å². The Morgan fingerprint density at radius 3 is 2.96 bits per heavy atom. The van der Waals surface area contributed by atoms with Crippen LogP contribution in [0.15, 0.2) is 54.9 Å². The Balaban J connectivity index is 1.42. The highest BCUT2D eigenvalue weighted by atomic mass is 32.1. The summed E-state index contributed by atoms with van der Waals surface area (Å²) >= 11 is 1.67. The molecule has 5 rings (SSSR count). The van der Waals surface area contributed by atoms with Crippen molar-refractivity contribution in [1.29, 1.82) is 0 Å². The molecule has 0 unspecified atom stereocenters. The average molecular weight is 373 g/mol. The molecule has 5 aromatic rings. The van der Waals surface area contributed by atoms with Gasteiger partial charge >= 0.3 is 0 Å². The Kier molecular flexibility index (Phi) is 3.68. The van der Waals surface area contributed by atoms with Gasteiger partial charge in [-0.15, -0.1) is 11.3 Å². The van der Waals surface area contributed by atoms with Crippen LogP contribution in [0.5, 0.6) is 0 Å². The fourth-order valence-electron chi connectivity index (χ4n) is 2.95. The monoisotopic (exact) mass is 373 g/mol. The Morgan fingerprint density at radius 2 is 2.00 bits per heavy atom. The van der Waals surface area contributed by atoms with Crippen LogP contribution in [0.1, 0.15) is 5.01 Å². The van der Waals surface area contributed by atoms with Gasteiger partial charge in [-0.25, -0.2) is 9.97 Å². The number of aromatic amines is 1. The first kappa shape index (κ1) is 15.7. The second kappa shape index (κ2) is 6.33. The number of hydrogen-bond acceptors (Lipinski definition) is 7. The van der Waals surface area contributed by atoms with Gasteiger partial charge in [0.2, 0.25) is 5.95 Å². The maximum absolute atomic E-state index is 4.56. The molecule has 0 saturated heterocycles. The van der Waals surface area contributed by atoms with Gasteiger partial charge in [0.15, 0.2) is 0 Å². The molecule has 0 bridgehead atoms. The fourth-order valence-corrected chi connectivity index (χ4v) is 3.82. The molecule has 3 N–H and O–H groups in total. The summed E-state index contributed by atoms with van der Waals surface area (Å²) in [4.78, 5) is 13.4. The molecular formula is C19H15N7S. The zero-order chi connectivity index (χ0) is 18.2. The number of fused-ring (bicyclic) bond motifs is 2. The second-order valence-corrected chi connectivity index (χ2v) is 7.30. The molecule has 132 valence electrons. The standard InChI is InChI=1S/C19H15N7S/c1-11-22-16-6-5-12(9-17(16)27-11)23-19-20-8-7-18(25-19)24-14-3-2-4-15-13(14)10-21-26-15/h2-10H,1H3,(H,21,26)(H2,20,23,24,25). The van der Waals surface area contributed by atoms with E-state index in [0.29, 0.717) is 11.8 Å². The van der Waals surface area contributed by atoms with Crippen LogP contribution < -0.4 is 10.6 Å². The number of aromatic nitrogens is 5. The molecular weight excluding hydrogens is 358 g/mol. The van der Waals surface area contributed by atoms with Crippen LogP contribution in [0.25, 0.3) is 21.1 Å². The van der Waals surface area contributed by atoms with Crippen molar-refractivity contribution < 1.29 is 0 Å². The van der Waals surface area contributed by atoms with Gasteiger partial charge < -0.3 is 10.6 Å². The normalized spacial score (nSPS) is 11.1. The minimum atomic E-state index is 0.528. The molecule has 0 radical (unpaired) electrons. The van der Waals surface area contributed by atoms with Crippen molar-refractivity contribution in [3.05, 3.63) is 59.9 Å². The largest absolute Gasteiger partial charge is 0.339 e. The lowest BCUT2D eigenvalue weighted by molar-refractivity contribution is 1.12. The van der Waals surface area contributed by atoms with Crippen LogP contribution >= 0.6 is 11.3 Å². The van der Waals surface area contributed by atoms with E-state index >= 15 is 0 Å². The van der Waals surface area contributed by atoms with E-state index in [1.165, 1.54) is 0 Å².